The van der Waals surface area contributed by atoms with Crippen molar-refractivity contribution in [2.24, 2.45) is 5.10 Å². The second-order valence-corrected chi connectivity index (χ2v) is 9.99. The van der Waals surface area contributed by atoms with E-state index in [1.54, 1.807) is 36.6 Å². The average Bonchev–Trinajstić information content (AvgIpc) is 2.95. The first-order valence-corrected chi connectivity index (χ1v) is 13.6. The summed E-state index contributed by atoms with van der Waals surface area (Å²) in [5.74, 6) is 1.56. The lowest BCUT2D eigenvalue weighted by atomic mass is 10.1. The second-order valence-electron chi connectivity index (χ2n) is 9.07. The molecule has 1 heterocycles. The Morgan fingerprint density at radius 2 is 2.02 bits per heavy atom. The van der Waals surface area contributed by atoms with Gasteiger partial charge in [0.15, 0.2) is 11.5 Å². The van der Waals surface area contributed by atoms with E-state index in [0.717, 1.165) is 22.9 Å². The highest BCUT2D eigenvalue weighted by Gasteiger charge is 2.15. The number of nitrogens with zero attached hydrogens (tertiary/aromatic N) is 4. The molecular weight excluding hydrogens is 576 g/mol. The van der Waals surface area contributed by atoms with Crippen LogP contribution in [0.25, 0.3) is 10.9 Å². The number of halogens is 1. The fourth-order valence-corrected chi connectivity index (χ4v) is 4.59. The van der Waals surface area contributed by atoms with Crippen LogP contribution >= 0.6 is 15.9 Å². The van der Waals surface area contributed by atoms with Crippen molar-refractivity contribution < 1.29 is 14.4 Å². The Labute approximate surface area is 240 Å². The van der Waals surface area contributed by atoms with E-state index in [2.05, 4.69) is 34.5 Å². The fraction of sp³-hybridized carbons (Fsp3) is 0.233. The maximum absolute atomic E-state index is 13.4. The van der Waals surface area contributed by atoms with Crippen LogP contribution in [0.5, 0.6) is 11.5 Å². The topological polar surface area (TPSA) is 109 Å². The zero-order chi connectivity index (χ0) is 28.6. The summed E-state index contributed by atoms with van der Waals surface area (Å²) in [6.07, 6.45) is 6.27. The summed E-state index contributed by atoms with van der Waals surface area (Å²) >= 11 is 3.43. The molecule has 0 fully saturated rings. The van der Waals surface area contributed by atoms with Crippen molar-refractivity contribution in [3.63, 3.8) is 0 Å². The van der Waals surface area contributed by atoms with Crippen LogP contribution in [0, 0.1) is 10.1 Å². The number of unbranched alkanes of at least 4 members (excludes halogenated alkanes) is 1. The van der Waals surface area contributed by atoms with E-state index in [1.165, 1.54) is 23.9 Å². The van der Waals surface area contributed by atoms with Crippen molar-refractivity contribution in [3.8, 4) is 11.5 Å². The van der Waals surface area contributed by atoms with Crippen molar-refractivity contribution in [1.29, 1.82) is 0 Å². The first kappa shape index (κ1) is 28.7. The van der Waals surface area contributed by atoms with Gasteiger partial charge < -0.3 is 9.47 Å². The highest BCUT2D eigenvalue weighted by Crippen LogP contribution is 2.34. The van der Waals surface area contributed by atoms with Gasteiger partial charge in [-0.05, 0) is 54.3 Å². The number of nitro benzene ring substituents is 1. The van der Waals surface area contributed by atoms with E-state index < -0.39 is 4.92 Å². The molecule has 0 amide bonds. The standard InChI is InChI=1S/C30H29BrN4O5/c1-4-6-11-28-33-26-13-12-23(31)17-25(26)30(36)34(28)32-18-21-14-22(8-5-2)29(27(16-21)39-3)40-19-20-9-7-10-24(15-20)35(37)38/h5,7,9-10,12-18H,2,4,6,8,11,19H2,1,3H3. The summed E-state index contributed by atoms with van der Waals surface area (Å²) in [7, 11) is 1.53. The highest BCUT2D eigenvalue weighted by atomic mass is 79.9. The summed E-state index contributed by atoms with van der Waals surface area (Å²) < 4.78 is 13.9. The first-order chi connectivity index (χ1) is 19.3. The molecule has 0 spiro atoms. The molecule has 4 aromatic rings. The van der Waals surface area contributed by atoms with Gasteiger partial charge in [-0.15, -0.1) is 6.58 Å². The van der Waals surface area contributed by atoms with E-state index in [4.69, 9.17) is 14.5 Å². The number of fused-ring (bicyclic) bond motifs is 1. The Bertz CT molecular complexity index is 1650. The lowest BCUT2D eigenvalue weighted by Crippen LogP contribution is -2.22. The molecule has 3 aromatic carbocycles. The lowest BCUT2D eigenvalue weighted by Gasteiger charge is -2.16. The van der Waals surface area contributed by atoms with Crippen LogP contribution < -0.4 is 15.0 Å². The van der Waals surface area contributed by atoms with E-state index in [1.807, 2.05) is 18.2 Å². The number of nitro groups is 1. The number of methoxy groups -OCH3 is 1. The number of rotatable bonds is 12. The molecule has 0 bridgehead atoms. The molecular formula is C30H29BrN4O5. The van der Waals surface area contributed by atoms with Crippen LogP contribution in [0.3, 0.4) is 0 Å². The molecule has 0 atom stereocenters. The molecule has 0 saturated carbocycles. The number of aromatic nitrogens is 2. The van der Waals surface area contributed by atoms with Crippen molar-refractivity contribution in [1.82, 2.24) is 9.66 Å². The fourth-order valence-electron chi connectivity index (χ4n) is 4.23. The normalized spacial score (nSPS) is 11.2. The van der Waals surface area contributed by atoms with E-state index in [-0.39, 0.29) is 17.9 Å². The Balaban J connectivity index is 1.71. The number of benzene rings is 3. The molecule has 0 aliphatic carbocycles. The van der Waals surface area contributed by atoms with Gasteiger partial charge in [-0.1, -0.05) is 47.5 Å². The number of hydrogen-bond donors (Lipinski definition) is 0. The molecule has 0 saturated heterocycles. The predicted molar refractivity (Wildman–Crippen MR) is 160 cm³/mol. The molecule has 0 aliphatic heterocycles. The Morgan fingerprint density at radius 1 is 1.20 bits per heavy atom. The van der Waals surface area contributed by atoms with Crippen molar-refractivity contribution in [3.05, 3.63) is 115 Å². The van der Waals surface area contributed by atoms with E-state index in [0.29, 0.717) is 52.2 Å². The van der Waals surface area contributed by atoms with Crippen LogP contribution in [0.15, 0.2) is 81.6 Å². The first-order valence-electron chi connectivity index (χ1n) is 12.8. The molecule has 0 aliphatic rings. The summed E-state index contributed by atoms with van der Waals surface area (Å²) in [6.45, 7) is 6.05. The molecule has 9 nitrogen and oxygen atoms in total. The minimum Gasteiger partial charge on any atom is -0.493 e. The maximum atomic E-state index is 13.4. The van der Waals surface area contributed by atoms with Gasteiger partial charge in [0, 0.05) is 28.6 Å². The van der Waals surface area contributed by atoms with Gasteiger partial charge in [0.1, 0.15) is 12.4 Å². The van der Waals surface area contributed by atoms with Gasteiger partial charge >= 0.3 is 0 Å². The SMILES string of the molecule is C=CCc1cc(C=Nn2c(CCCC)nc3ccc(Br)cc3c2=O)cc(OC)c1OCc1cccc([N+](=O)[O-])c1. The Morgan fingerprint density at radius 3 is 2.75 bits per heavy atom. The third kappa shape index (κ3) is 6.63. The zero-order valence-corrected chi connectivity index (χ0v) is 23.9. The lowest BCUT2D eigenvalue weighted by molar-refractivity contribution is -0.384. The minimum absolute atomic E-state index is 0.00461. The zero-order valence-electron chi connectivity index (χ0n) is 22.3. The van der Waals surface area contributed by atoms with Gasteiger partial charge in [0.05, 0.1) is 29.2 Å². The van der Waals surface area contributed by atoms with Crippen LogP contribution in [0.4, 0.5) is 5.69 Å². The van der Waals surface area contributed by atoms with E-state index >= 15 is 0 Å². The summed E-state index contributed by atoms with van der Waals surface area (Å²) in [6, 6.07) is 15.4. The van der Waals surface area contributed by atoms with E-state index in [9.17, 15) is 14.9 Å². The number of hydrogen-bond acceptors (Lipinski definition) is 7. The highest BCUT2D eigenvalue weighted by molar-refractivity contribution is 9.10. The quantitative estimate of drug-likeness (QED) is 0.0779. The maximum Gasteiger partial charge on any atom is 0.282 e. The van der Waals surface area contributed by atoms with Gasteiger partial charge in [0.25, 0.3) is 11.2 Å². The van der Waals surface area contributed by atoms with Crippen LogP contribution in [-0.2, 0) is 19.4 Å². The molecule has 0 radical (unpaired) electrons. The summed E-state index contributed by atoms with van der Waals surface area (Å²) in [5, 5.41) is 16.2. The third-order valence-electron chi connectivity index (χ3n) is 6.19. The number of allylic oxidation sites excluding steroid dienone is 1. The van der Waals surface area contributed by atoms with Crippen LogP contribution in [0.1, 0.15) is 42.3 Å². The second kappa shape index (κ2) is 13.2. The molecule has 40 heavy (non-hydrogen) atoms. The van der Waals surface area contributed by atoms with Gasteiger partial charge in [-0.25, -0.2) is 4.98 Å². The Kier molecular flexibility index (Phi) is 9.44. The minimum atomic E-state index is -0.440. The summed E-state index contributed by atoms with van der Waals surface area (Å²) in [4.78, 5) is 28.8. The van der Waals surface area contributed by atoms with Crippen LogP contribution in [0.2, 0.25) is 0 Å². The smallest absolute Gasteiger partial charge is 0.282 e. The van der Waals surface area contributed by atoms with Crippen molar-refractivity contribution in [2.75, 3.05) is 7.11 Å². The monoisotopic (exact) mass is 604 g/mol. The van der Waals surface area contributed by atoms with Gasteiger partial charge in [-0.2, -0.15) is 9.78 Å². The number of aryl methyl sites for hydroxylation is 1. The molecule has 0 N–H and O–H groups in total. The van der Waals surface area contributed by atoms with Gasteiger partial charge in [-0.3, -0.25) is 14.9 Å². The number of ether oxygens (including phenoxy) is 2. The van der Waals surface area contributed by atoms with Gasteiger partial charge in [0.2, 0.25) is 0 Å². The number of non-ortho nitro benzene ring substituents is 1. The molecule has 10 heteroatoms. The van der Waals surface area contributed by atoms with Crippen molar-refractivity contribution in [2.45, 2.75) is 39.2 Å². The largest absolute Gasteiger partial charge is 0.493 e. The van der Waals surface area contributed by atoms with Crippen molar-refractivity contribution >= 4 is 38.7 Å². The molecule has 206 valence electrons. The average molecular weight is 605 g/mol. The molecule has 1 aromatic heterocycles. The predicted octanol–water partition coefficient (Wildman–Crippen LogP) is 6.61. The molecule has 0 unspecified atom stereocenters. The summed E-state index contributed by atoms with van der Waals surface area (Å²) in [5.41, 5.74) is 2.52. The van der Waals surface area contributed by atoms with Crippen LogP contribution in [-0.4, -0.2) is 27.9 Å². The Hall–Kier alpha value is -4.31. The molecule has 4 rings (SSSR count). The third-order valence-corrected chi connectivity index (χ3v) is 6.69.